The number of aryl methyl sites for hydroxylation is 2. The van der Waals surface area contributed by atoms with Gasteiger partial charge in [0.1, 0.15) is 12.1 Å². The number of benzene rings is 1. The molecule has 0 aliphatic heterocycles. The lowest BCUT2D eigenvalue weighted by molar-refractivity contribution is -0.574. The summed E-state index contributed by atoms with van der Waals surface area (Å²) in [6.07, 6.45) is 15.9. The molecule has 1 aromatic carbocycles. The number of ketones is 1. The van der Waals surface area contributed by atoms with E-state index in [1.165, 1.54) is 5.56 Å². The molecular formula is C29H29N4O2+. The Morgan fingerprint density at radius 2 is 1.77 bits per heavy atom. The van der Waals surface area contributed by atoms with Crippen molar-refractivity contribution in [3.63, 3.8) is 0 Å². The van der Waals surface area contributed by atoms with E-state index in [0.717, 1.165) is 53.4 Å². The zero-order valence-electron chi connectivity index (χ0n) is 19.9. The fraction of sp³-hybridized carbons (Fsp3) is 0.241. The SMILES string of the molecule is Cn1cc(CC(=O)[n+]2ccc(CCCCCC(=O)c3ccc4nccn4c3)cc2)c2ccccc21. The van der Waals surface area contributed by atoms with Gasteiger partial charge in [-0.15, -0.1) is 4.57 Å². The average molecular weight is 466 g/mol. The van der Waals surface area contributed by atoms with Gasteiger partial charge in [0.2, 0.25) is 0 Å². The van der Waals surface area contributed by atoms with Gasteiger partial charge in [-0.05, 0) is 48.6 Å². The number of imidazole rings is 1. The Bertz CT molecular complexity index is 1490. The van der Waals surface area contributed by atoms with E-state index in [0.29, 0.717) is 12.8 Å². The van der Waals surface area contributed by atoms with E-state index in [2.05, 4.69) is 21.7 Å². The molecule has 5 aromatic rings. The molecule has 0 bridgehead atoms. The Labute approximate surface area is 204 Å². The topological polar surface area (TPSA) is 60.2 Å². The lowest BCUT2D eigenvalue weighted by atomic mass is 10.0. The molecule has 0 atom stereocenters. The number of unbranched alkanes of at least 4 members (excludes halogenated alkanes) is 2. The number of carbonyl (C=O) groups excluding carboxylic acids is 2. The van der Waals surface area contributed by atoms with Crippen LogP contribution in [0.1, 0.15) is 52.0 Å². The molecule has 0 amide bonds. The summed E-state index contributed by atoms with van der Waals surface area (Å²) in [6.45, 7) is 0. The minimum Gasteiger partial charge on any atom is -0.350 e. The van der Waals surface area contributed by atoms with Crippen LogP contribution in [0.5, 0.6) is 0 Å². The molecule has 0 radical (unpaired) electrons. The van der Waals surface area contributed by atoms with Gasteiger partial charge in [-0.25, -0.2) is 9.78 Å². The number of Topliss-reactive ketones (excluding diaryl/α,β-unsaturated/α-hetero) is 1. The van der Waals surface area contributed by atoms with Crippen molar-refractivity contribution >= 4 is 28.2 Å². The third-order valence-electron chi connectivity index (χ3n) is 6.59. The molecule has 6 heteroatoms. The fourth-order valence-electron chi connectivity index (χ4n) is 4.63. The highest BCUT2D eigenvalue weighted by atomic mass is 16.2. The highest BCUT2D eigenvalue weighted by Crippen LogP contribution is 2.20. The largest absolute Gasteiger partial charge is 0.396 e. The summed E-state index contributed by atoms with van der Waals surface area (Å²) in [4.78, 5) is 29.5. The van der Waals surface area contributed by atoms with E-state index in [1.807, 2.05) is 78.8 Å². The number of pyridine rings is 2. The Balaban J connectivity index is 1.08. The molecule has 0 spiro atoms. The number of para-hydroxylation sites is 1. The van der Waals surface area contributed by atoms with E-state index in [9.17, 15) is 9.59 Å². The van der Waals surface area contributed by atoms with Crippen molar-refractivity contribution < 1.29 is 14.2 Å². The van der Waals surface area contributed by atoms with Gasteiger partial charge in [0.05, 0.1) is 0 Å². The molecule has 6 nitrogen and oxygen atoms in total. The molecule has 176 valence electrons. The summed E-state index contributed by atoms with van der Waals surface area (Å²) < 4.78 is 5.61. The Morgan fingerprint density at radius 1 is 0.943 bits per heavy atom. The van der Waals surface area contributed by atoms with Gasteiger partial charge in [-0.2, -0.15) is 0 Å². The van der Waals surface area contributed by atoms with Crippen molar-refractivity contribution in [3.8, 4) is 0 Å². The first-order valence-electron chi connectivity index (χ1n) is 12.1. The molecule has 0 fully saturated rings. The molecule has 0 saturated carbocycles. The van der Waals surface area contributed by atoms with Crippen molar-refractivity contribution in [2.24, 2.45) is 7.05 Å². The first-order chi connectivity index (χ1) is 17.1. The summed E-state index contributed by atoms with van der Waals surface area (Å²) in [6, 6.07) is 15.9. The predicted molar refractivity (Wildman–Crippen MR) is 136 cm³/mol. The number of rotatable bonds is 9. The minimum absolute atomic E-state index is 0.0558. The zero-order chi connectivity index (χ0) is 24.2. The van der Waals surface area contributed by atoms with Crippen LogP contribution in [0.4, 0.5) is 0 Å². The highest BCUT2D eigenvalue weighted by molar-refractivity contribution is 5.96. The lowest BCUT2D eigenvalue weighted by Gasteiger charge is -2.03. The number of hydrogen-bond acceptors (Lipinski definition) is 3. The fourth-order valence-corrected chi connectivity index (χ4v) is 4.63. The summed E-state index contributed by atoms with van der Waals surface area (Å²) in [5.41, 5.74) is 4.97. The summed E-state index contributed by atoms with van der Waals surface area (Å²) in [5.74, 6) is 0.228. The molecule has 0 saturated heterocycles. The monoisotopic (exact) mass is 465 g/mol. The van der Waals surface area contributed by atoms with Crippen LogP contribution >= 0.6 is 0 Å². The minimum atomic E-state index is 0.0558. The highest BCUT2D eigenvalue weighted by Gasteiger charge is 2.18. The summed E-state index contributed by atoms with van der Waals surface area (Å²) >= 11 is 0. The third-order valence-corrected chi connectivity index (χ3v) is 6.59. The van der Waals surface area contributed by atoms with Crippen molar-refractivity contribution in [3.05, 3.63) is 102 Å². The summed E-state index contributed by atoms with van der Waals surface area (Å²) in [5, 5.41) is 1.13. The van der Waals surface area contributed by atoms with Crippen LogP contribution in [-0.4, -0.2) is 25.6 Å². The normalized spacial score (nSPS) is 11.3. The van der Waals surface area contributed by atoms with Gasteiger partial charge in [-0.3, -0.25) is 4.79 Å². The molecule has 4 aromatic heterocycles. The van der Waals surface area contributed by atoms with Crippen LogP contribution in [0.25, 0.3) is 16.6 Å². The van der Waals surface area contributed by atoms with Gasteiger partial charge in [0.25, 0.3) is 0 Å². The van der Waals surface area contributed by atoms with Crippen LogP contribution in [0.3, 0.4) is 0 Å². The van der Waals surface area contributed by atoms with Gasteiger partial charge in [-0.1, -0.05) is 24.6 Å². The molecule has 5 rings (SSSR count). The van der Waals surface area contributed by atoms with E-state index >= 15 is 0 Å². The van der Waals surface area contributed by atoms with E-state index < -0.39 is 0 Å². The standard InChI is InChI=1S/C29H29N4O2/c1-31-20-24(25-8-5-6-9-26(25)31)19-29(35)32-16-13-22(14-17-32)7-3-2-4-10-27(34)23-11-12-28-30-15-18-33(28)21-23/h5-6,8-9,11-18,20-21H,2-4,7,10,19H2,1H3/q+1. The van der Waals surface area contributed by atoms with E-state index in [1.54, 1.807) is 10.8 Å². The third kappa shape index (κ3) is 5.06. The van der Waals surface area contributed by atoms with Crippen LogP contribution in [0.2, 0.25) is 0 Å². The van der Waals surface area contributed by atoms with E-state index in [4.69, 9.17) is 0 Å². The van der Waals surface area contributed by atoms with Crippen molar-refractivity contribution in [2.45, 2.75) is 38.5 Å². The van der Waals surface area contributed by atoms with Crippen LogP contribution < -0.4 is 4.57 Å². The number of hydrogen-bond donors (Lipinski definition) is 0. The molecule has 0 unspecified atom stereocenters. The number of aromatic nitrogens is 4. The molecular weight excluding hydrogens is 436 g/mol. The maximum Gasteiger partial charge on any atom is 0.396 e. The molecule has 0 aliphatic rings. The Morgan fingerprint density at radius 3 is 2.63 bits per heavy atom. The Hall–Kier alpha value is -4.06. The molecule has 4 heterocycles. The van der Waals surface area contributed by atoms with Crippen molar-refractivity contribution in [2.75, 3.05) is 0 Å². The van der Waals surface area contributed by atoms with Crippen LogP contribution in [0, 0.1) is 0 Å². The van der Waals surface area contributed by atoms with Crippen molar-refractivity contribution in [1.82, 2.24) is 14.0 Å². The maximum absolute atomic E-state index is 12.8. The van der Waals surface area contributed by atoms with Gasteiger partial charge < -0.3 is 8.97 Å². The lowest BCUT2D eigenvalue weighted by Crippen LogP contribution is -2.42. The number of fused-ring (bicyclic) bond motifs is 2. The quantitative estimate of drug-likeness (QED) is 0.175. The predicted octanol–water partition coefficient (Wildman–Crippen LogP) is 4.98. The van der Waals surface area contributed by atoms with Gasteiger partial charge >= 0.3 is 5.91 Å². The second-order valence-corrected chi connectivity index (χ2v) is 9.06. The van der Waals surface area contributed by atoms with Gasteiger partial charge in [0, 0.05) is 66.9 Å². The van der Waals surface area contributed by atoms with Gasteiger partial charge in [0.15, 0.2) is 18.2 Å². The molecule has 0 aliphatic carbocycles. The smallest absolute Gasteiger partial charge is 0.350 e. The number of nitrogens with zero attached hydrogens (tertiary/aromatic N) is 4. The first kappa shape index (κ1) is 22.7. The average Bonchev–Trinajstić information content (AvgIpc) is 3.48. The molecule has 0 N–H and O–H groups in total. The zero-order valence-corrected chi connectivity index (χ0v) is 19.9. The maximum atomic E-state index is 12.8. The van der Waals surface area contributed by atoms with E-state index in [-0.39, 0.29) is 11.7 Å². The number of carbonyl (C=O) groups is 2. The van der Waals surface area contributed by atoms with Crippen molar-refractivity contribution in [1.29, 1.82) is 0 Å². The molecule has 35 heavy (non-hydrogen) atoms. The summed E-state index contributed by atoms with van der Waals surface area (Å²) in [7, 11) is 2.01. The Kier molecular flexibility index (Phi) is 6.53. The van der Waals surface area contributed by atoms with Crippen LogP contribution in [-0.2, 0) is 19.9 Å². The second-order valence-electron chi connectivity index (χ2n) is 9.06. The second kappa shape index (κ2) is 10.1. The van der Waals surface area contributed by atoms with Crippen LogP contribution in [0.15, 0.2) is 85.7 Å². The first-order valence-corrected chi connectivity index (χ1v) is 12.1.